The zero-order valence-electron chi connectivity index (χ0n) is 9.14. The van der Waals surface area contributed by atoms with Crippen molar-refractivity contribution in [2.24, 2.45) is 5.92 Å². The minimum Gasteiger partial charge on any atom is -0.317 e. The van der Waals surface area contributed by atoms with Crippen molar-refractivity contribution in [3.8, 4) is 12.3 Å². The van der Waals surface area contributed by atoms with E-state index in [1.54, 1.807) is 0 Å². The first kappa shape index (κ1) is 12.5. The van der Waals surface area contributed by atoms with Crippen LogP contribution >= 0.6 is 0 Å². The van der Waals surface area contributed by atoms with Crippen LogP contribution < -0.4 is 5.32 Å². The lowest BCUT2D eigenvalue weighted by Gasteiger charge is -2.22. The topological polar surface area (TPSA) is 15.3 Å². The molecular formula is C11H22N2. The quantitative estimate of drug-likeness (QED) is 0.595. The molecule has 76 valence electrons. The monoisotopic (exact) mass is 182 g/mol. The second-order valence-corrected chi connectivity index (χ2v) is 3.44. The van der Waals surface area contributed by atoms with Crippen molar-refractivity contribution in [2.75, 3.05) is 32.7 Å². The molecule has 0 rings (SSSR count). The van der Waals surface area contributed by atoms with Crippen LogP contribution in [0.2, 0.25) is 0 Å². The van der Waals surface area contributed by atoms with Crippen molar-refractivity contribution in [3.05, 3.63) is 0 Å². The van der Waals surface area contributed by atoms with Gasteiger partial charge in [0.2, 0.25) is 0 Å². The lowest BCUT2D eigenvalue weighted by atomic mass is 10.1. The zero-order chi connectivity index (χ0) is 10.1. The standard InChI is InChI=1S/C11H22N2/c1-5-8-13(7-3)10-11(4)9-12-6-2/h1,11-12H,6-10H2,2-4H3. The summed E-state index contributed by atoms with van der Waals surface area (Å²) in [4.78, 5) is 2.29. The zero-order valence-corrected chi connectivity index (χ0v) is 9.14. The molecule has 0 heterocycles. The summed E-state index contributed by atoms with van der Waals surface area (Å²) in [7, 11) is 0. The van der Waals surface area contributed by atoms with Crippen molar-refractivity contribution in [1.29, 1.82) is 0 Å². The van der Waals surface area contributed by atoms with Crippen LogP contribution in [0.4, 0.5) is 0 Å². The highest BCUT2D eigenvalue weighted by Gasteiger charge is 2.06. The van der Waals surface area contributed by atoms with Gasteiger partial charge in [-0.2, -0.15) is 0 Å². The van der Waals surface area contributed by atoms with Gasteiger partial charge in [0, 0.05) is 6.54 Å². The molecule has 0 amide bonds. The number of hydrogen-bond donors (Lipinski definition) is 1. The summed E-state index contributed by atoms with van der Waals surface area (Å²) >= 11 is 0. The molecule has 0 aliphatic carbocycles. The summed E-state index contributed by atoms with van der Waals surface area (Å²) in [6.45, 7) is 11.6. The predicted molar refractivity (Wildman–Crippen MR) is 58.7 cm³/mol. The van der Waals surface area contributed by atoms with Crippen molar-refractivity contribution in [1.82, 2.24) is 10.2 Å². The summed E-state index contributed by atoms with van der Waals surface area (Å²) in [5, 5.41) is 3.34. The lowest BCUT2D eigenvalue weighted by molar-refractivity contribution is 0.273. The first-order valence-electron chi connectivity index (χ1n) is 5.11. The Morgan fingerprint density at radius 2 is 2.15 bits per heavy atom. The van der Waals surface area contributed by atoms with Gasteiger partial charge < -0.3 is 5.32 Å². The first-order valence-corrected chi connectivity index (χ1v) is 5.11. The summed E-state index contributed by atoms with van der Waals surface area (Å²) in [6, 6.07) is 0. The van der Waals surface area contributed by atoms with Gasteiger partial charge >= 0.3 is 0 Å². The van der Waals surface area contributed by atoms with Crippen LogP contribution in [0.15, 0.2) is 0 Å². The van der Waals surface area contributed by atoms with Crippen molar-refractivity contribution >= 4 is 0 Å². The molecule has 1 N–H and O–H groups in total. The molecule has 0 aromatic carbocycles. The predicted octanol–water partition coefficient (Wildman–Crippen LogP) is 1.19. The minimum atomic E-state index is 0.674. The maximum atomic E-state index is 5.27. The van der Waals surface area contributed by atoms with Crippen LogP contribution in [0.1, 0.15) is 20.8 Å². The molecule has 0 saturated heterocycles. The fourth-order valence-electron chi connectivity index (χ4n) is 1.33. The van der Waals surface area contributed by atoms with Crippen molar-refractivity contribution in [2.45, 2.75) is 20.8 Å². The number of hydrogen-bond acceptors (Lipinski definition) is 2. The molecule has 0 aliphatic rings. The summed E-state index contributed by atoms with van der Waals surface area (Å²) in [5.74, 6) is 3.36. The maximum Gasteiger partial charge on any atom is 0.0598 e. The van der Waals surface area contributed by atoms with E-state index in [-0.39, 0.29) is 0 Å². The number of terminal acetylenes is 1. The normalized spacial score (nSPS) is 12.8. The molecule has 0 spiro atoms. The van der Waals surface area contributed by atoms with Crippen molar-refractivity contribution < 1.29 is 0 Å². The number of rotatable bonds is 7. The molecule has 2 heteroatoms. The van der Waals surface area contributed by atoms with E-state index in [0.717, 1.165) is 32.7 Å². The number of nitrogens with zero attached hydrogens (tertiary/aromatic N) is 1. The SMILES string of the molecule is C#CCN(CC)CC(C)CNCC. The summed E-state index contributed by atoms with van der Waals surface area (Å²) in [6.07, 6.45) is 5.27. The highest BCUT2D eigenvalue weighted by Crippen LogP contribution is 1.97. The molecule has 0 radical (unpaired) electrons. The molecule has 1 atom stereocenters. The Hall–Kier alpha value is -0.520. The molecule has 0 saturated carbocycles. The summed E-state index contributed by atoms with van der Waals surface area (Å²) in [5.41, 5.74) is 0. The summed E-state index contributed by atoms with van der Waals surface area (Å²) < 4.78 is 0. The molecule has 0 aliphatic heterocycles. The Morgan fingerprint density at radius 1 is 1.46 bits per heavy atom. The Labute approximate surface area is 82.7 Å². The Morgan fingerprint density at radius 3 is 2.62 bits per heavy atom. The van der Waals surface area contributed by atoms with Gasteiger partial charge in [-0.1, -0.05) is 26.7 Å². The lowest BCUT2D eigenvalue weighted by Crippen LogP contribution is -2.33. The maximum absolute atomic E-state index is 5.27. The third kappa shape index (κ3) is 6.62. The first-order chi connectivity index (χ1) is 6.24. The molecule has 2 nitrogen and oxygen atoms in total. The number of nitrogens with one attached hydrogen (secondary N) is 1. The van der Waals surface area contributed by atoms with Gasteiger partial charge in [0.25, 0.3) is 0 Å². The van der Waals surface area contributed by atoms with E-state index < -0.39 is 0 Å². The van der Waals surface area contributed by atoms with Crippen LogP contribution in [-0.2, 0) is 0 Å². The molecule has 1 unspecified atom stereocenters. The third-order valence-corrected chi connectivity index (χ3v) is 2.07. The van der Waals surface area contributed by atoms with E-state index in [1.807, 2.05) is 0 Å². The molecule has 0 fully saturated rings. The van der Waals surface area contributed by atoms with E-state index in [1.165, 1.54) is 0 Å². The highest BCUT2D eigenvalue weighted by molar-refractivity contribution is 4.88. The van der Waals surface area contributed by atoms with Crippen LogP contribution in [0.3, 0.4) is 0 Å². The van der Waals surface area contributed by atoms with Crippen LogP contribution in [0.5, 0.6) is 0 Å². The average molecular weight is 182 g/mol. The van der Waals surface area contributed by atoms with Crippen LogP contribution in [0.25, 0.3) is 0 Å². The van der Waals surface area contributed by atoms with Crippen LogP contribution in [0, 0.1) is 18.3 Å². The third-order valence-electron chi connectivity index (χ3n) is 2.07. The van der Waals surface area contributed by atoms with Crippen LogP contribution in [-0.4, -0.2) is 37.6 Å². The largest absolute Gasteiger partial charge is 0.317 e. The molecule has 0 aromatic heterocycles. The van der Waals surface area contributed by atoms with E-state index in [4.69, 9.17) is 6.42 Å². The fourth-order valence-corrected chi connectivity index (χ4v) is 1.33. The Balaban J connectivity index is 3.60. The van der Waals surface area contributed by atoms with E-state index >= 15 is 0 Å². The molecule has 13 heavy (non-hydrogen) atoms. The fraction of sp³-hybridized carbons (Fsp3) is 0.818. The molecular weight excluding hydrogens is 160 g/mol. The van der Waals surface area contributed by atoms with Gasteiger partial charge in [-0.15, -0.1) is 6.42 Å². The van der Waals surface area contributed by atoms with E-state index in [0.29, 0.717) is 5.92 Å². The van der Waals surface area contributed by atoms with Gasteiger partial charge in [-0.05, 0) is 25.6 Å². The van der Waals surface area contributed by atoms with Gasteiger partial charge in [0.1, 0.15) is 0 Å². The van der Waals surface area contributed by atoms with Gasteiger partial charge in [0.15, 0.2) is 0 Å². The van der Waals surface area contributed by atoms with E-state index in [2.05, 4.69) is 36.9 Å². The van der Waals surface area contributed by atoms with Gasteiger partial charge in [-0.25, -0.2) is 0 Å². The van der Waals surface area contributed by atoms with E-state index in [9.17, 15) is 0 Å². The minimum absolute atomic E-state index is 0.674. The Bertz CT molecular complexity index is 149. The highest BCUT2D eigenvalue weighted by atomic mass is 15.1. The second kappa shape index (κ2) is 8.10. The average Bonchev–Trinajstić information content (AvgIpc) is 2.14. The second-order valence-electron chi connectivity index (χ2n) is 3.44. The van der Waals surface area contributed by atoms with Crippen molar-refractivity contribution in [3.63, 3.8) is 0 Å². The smallest absolute Gasteiger partial charge is 0.0598 e. The molecule has 0 aromatic rings. The van der Waals surface area contributed by atoms with Gasteiger partial charge in [-0.3, -0.25) is 4.90 Å². The Kier molecular flexibility index (Phi) is 7.77. The molecule has 0 bridgehead atoms. The van der Waals surface area contributed by atoms with Gasteiger partial charge in [0.05, 0.1) is 6.54 Å².